The molecule has 12 heteroatoms. The topological polar surface area (TPSA) is 123 Å². The molecule has 2 amide bonds. The van der Waals surface area contributed by atoms with E-state index in [9.17, 15) is 9.59 Å². The molecule has 0 bridgehead atoms. The van der Waals surface area contributed by atoms with Crippen molar-refractivity contribution in [1.82, 2.24) is 19.8 Å². The van der Waals surface area contributed by atoms with Crippen molar-refractivity contribution in [3.05, 3.63) is 58.2 Å². The monoisotopic (exact) mass is 650 g/mol. The first-order chi connectivity index (χ1) is 22.0. The maximum absolute atomic E-state index is 13.1. The molecule has 6 rings (SSSR count). The van der Waals surface area contributed by atoms with Gasteiger partial charge in [0.25, 0.3) is 0 Å². The molecule has 2 saturated heterocycles. The zero-order valence-corrected chi connectivity index (χ0v) is 27.8. The molecule has 46 heavy (non-hydrogen) atoms. The molecule has 2 N–H and O–H groups in total. The minimum absolute atomic E-state index is 0.000797. The van der Waals surface area contributed by atoms with Gasteiger partial charge in [0, 0.05) is 54.5 Å². The van der Waals surface area contributed by atoms with Gasteiger partial charge in [-0.2, -0.15) is 9.97 Å². The molecule has 0 radical (unpaired) electrons. The average Bonchev–Trinajstić information content (AvgIpc) is 3.42. The molecule has 0 aliphatic carbocycles. The fraction of sp³-hybridized carbons (Fsp3) is 0.529. The van der Waals surface area contributed by atoms with Crippen LogP contribution >= 0.6 is 11.6 Å². The number of ether oxygens (including phenoxy) is 3. The predicted molar refractivity (Wildman–Crippen MR) is 176 cm³/mol. The van der Waals surface area contributed by atoms with Crippen molar-refractivity contribution in [3.63, 3.8) is 0 Å². The molecule has 1 aromatic heterocycles. The SMILES string of the molecule is CN1CCCC1COc1nc2c(c(N3CCN(C(=O)OC(C)(C)C)[C@@H](CC(N)=O)C3)n1)CO[C@H](c1cccc3cccc(Cl)c13)C2. The Labute approximate surface area is 274 Å². The maximum atomic E-state index is 13.1. The summed E-state index contributed by atoms with van der Waals surface area (Å²) in [6, 6.07) is 12.2. The Balaban J connectivity index is 1.32. The Morgan fingerprint density at radius 1 is 1.09 bits per heavy atom. The van der Waals surface area contributed by atoms with Crippen LogP contribution in [0.15, 0.2) is 36.4 Å². The first-order valence-electron chi connectivity index (χ1n) is 16.0. The number of anilines is 1. The minimum atomic E-state index is -0.668. The highest BCUT2D eigenvalue weighted by Gasteiger charge is 2.37. The number of piperazine rings is 1. The average molecular weight is 651 g/mol. The maximum Gasteiger partial charge on any atom is 0.410 e. The second-order valence-corrected chi connectivity index (χ2v) is 13.9. The van der Waals surface area contributed by atoms with Crippen molar-refractivity contribution < 1.29 is 23.8 Å². The smallest absolute Gasteiger partial charge is 0.410 e. The Kier molecular flexibility index (Phi) is 9.27. The van der Waals surface area contributed by atoms with E-state index in [0.29, 0.717) is 55.6 Å². The summed E-state index contributed by atoms with van der Waals surface area (Å²) < 4.78 is 18.5. The molecule has 3 aliphatic rings. The van der Waals surface area contributed by atoms with Gasteiger partial charge in [0.05, 0.1) is 24.4 Å². The van der Waals surface area contributed by atoms with Gasteiger partial charge in [-0.1, -0.05) is 41.9 Å². The number of benzene rings is 2. The molecular weight excluding hydrogens is 608 g/mol. The standard InChI is InChI=1S/C34H43ClN6O5/c1-34(2,3)46-33(43)41-15-14-40(18-23(41)16-29(36)42)31-25-20-44-28(24-11-5-8-21-9-6-12-26(35)30(21)24)17-27(25)37-32(38-31)45-19-22-10-7-13-39(22)4/h5-6,8-9,11-12,22-23,28H,7,10,13-20H2,1-4H3,(H2,36,42)/t22?,23-,28-/m0/s1. The lowest BCUT2D eigenvalue weighted by Gasteiger charge is -2.42. The van der Waals surface area contributed by atoms with E-state index in [1.54, 1.807) is 4.90 Å². The number of likely N-dealkylation sites (tertiary alicyclic amines) is 1. The first kappa shape index (κ1) is 32.3. The largest absolute Gasteiger partial charge is 0.462 e. The summed E-state index contributed by atoms with van der Waals surface area (Å²) in [6.07, 6.45) is 1.98. The van der Waals surface area contributed by atoms with Gasteiger partial charge < -0.3 is 34.6 Å². The van der Waals surface area contributed by atoms with Crippen LogP contribution in [-0.4, -0.2) is 89.3 Å². The molecule has 4 heterocycles. The molecule has 2 fully saturated rings. The van der Waals surface area contributed by atoms with Crippen LogP contribution in [0.2, 0.25) is 5.02 Å². The highest BCUT2D eigenvalue weighted by Crippen LogP contribution is 2.39. The summed E-state index contributed by atoms with van der Waals surface area (Å²) in [5.41, 5.74) is 7.71. The number of likely N-dealkylation sites (N-methyl/N-ethyl adjacent to an activating group) is 1. The number of hydrogen-bond acceptors (Lipinski definition) is 9. The zero-order chi connectivity index (χ0) is 32.6. The van der Waals surface area contributed by atoms with Gasteiger partial charge in [-0.3, -0.25) is 4.79 Å². The number of rotatable bonds is 7. The summed E-state index contributed by atoms with van der Waals surface area (Å²) in [5, 5.41) is 2.71. The Hall–Kier alpha value is -3.67. The number of amides is 2. The van der Waals surface area contributed by atoms with Crippen molar-refractivity contribution in [2.45, 2.75) is 76.9 Å². The highest BCUT2D eigenvalue weighted by atomic mass is 35.5. The van der Waals surface area contributed by atoms with Gasteiger partial charge >= 0.3 is 12.1 Å². The number of nitrogens with zero attached hydrogens (tertiary/aromatic N) is 5. The van der Waals surface area contributed by atoms with Crippen LogP contribution in [-0.2, 0) is 27.3 Å². The molecule has 246 valence electrons. The molecule has 0 spiro atoms. The molecule has 0 saturated carbocycles. The van der Waals surface area contributed by atoms with Crippen LogP contribution in [0.3, 0.4) is 0 Å². The van der Waals surface area contributed by atoms with Gasteiger partial charge in [-0.15, -0.1) is 0 Å². The molecule has 3 atom stereocenters. The van der Waals surface area contributed by atoms with Gasteiger partial charge in [0.1, 0.15) is 18.0 Å². The van der Waals surface area contributed by atoms with E-state index in [1.807, 2.05) is 51.1 Å². The third-order valence-electron chi connectivity index (χ3n) is 9.01. The lowest BCUT2D eigenvalue weighted by Crippen LogP contribution is -2.57. The number of fused-ring (bicyclic) bond motifs is 2. The predicted octanol–water partition coefficient (Wildman–Crippen LogP) is 4.87. The fourth-order valence-corrected chi connectivity index (χ4v) is 7.01. The zero-order valence-electron chi connectivity index (χ0n) is 27.0. The molecule has 11 nitrogen and oxygen atoms in total. The lowest BCUT2D eigenvalue weighted by molar-refractivity contribution is -0.119. The molecule has 1 unspecified atom stereocenters. The van der Waals surface area contributed by atoms with E-state index in [0.717, 1.165) is 47.0 Å². The number of hydrogen-bond donors (Lipinski definition) is 1. The van der Waals surface area contributed by atoms with Crippen LogP contribution in [0.5, 0.6) is 6.01 Å². The Morgan fingerprint density at radius 3 is 2.59 bits per heavy atom. The summed E-state index contributed by atoms with van der Waals surface area (Å²) in [5.74, 6) is 0.197. The second kappa shape index (κ2) is 13.2. The van der Waals surface area contributed by atoms with Crippen LogP contribution in [0.1, 0.15) is 63.0 Å². The van der Waals surface area contributed by atoms with E-state index in [4.69, 9.17) is 41.5 Å². The summed E-state index contributed by atoms with van der Waals surface area (Å²) in [7, 11) is 2.11. The third-order valence-corrected chi connectivity index (χ3v) is 9.33. The number of halogens is 1. The van der Waals surface area contributed by atoms with E-state index >= 15 is 0 Å². The Bertz CT molecular complexity index is 1610. The van der Waals surface area contributed by atoms with Crippen LogP contribution < -0.4 is 15.4 Å². The quantitative estimate of drug-likeness (QED) is 0.381. The molecule has 3 aliphatic heterocycles. The third kappa shape index (κ3) is 7.01. The summed E-state index contributed by atoms with van der Waals surface area (Å²) >= 11 is 6.69. The van der Waals surface area contributed by atoms with Crippen molar-refractivity contribution in [3.8, 4) is 6.01 Å². The highest BCUT2D eigenvalue weighted by molar-refractivity contribution is 6.35. The van der Waals surface area contributed by atoms with Gasteiger partial charge in [-0.25, -0.2) is 4.79 Å². The molecular formula is C34H43ClN6O5. The second-order valence-electron chi connectivity index (χ2n) is 13.5. The van der Waals surface area contributed by atoms with Crippen LogP contribution in [0, 0.1) is 0 Å². The number of primary amides is 1. The van der Waals surface area contributed by atoms with Crippen LogP contribution in [0.4, 0.5) is 10.6 Å². The van der Waals surface area contributed by atoms with Crippen molar-refractivity contribution in [2.24, 2.45) is 5.73 Å². The summed E-state index contributed by atoms with van der Waals surface area (Å²) in [6.45, 7) is 8.45. The fourth-order valence-electron chi connectivity index (χ4n) is 6.72. The number of carbonyl (C=O) groups excluding carboxylic acids is 2. The molecule has 3 aromatic rings. The van der Waals surface area contributed by atoms with E-state index in [1.165, 1.54) is 0 Å². The van der Waals surface area contributed by atoms with E-state index in [2.05, 4.69) is 22.9 Å². The van der Waals surface area contributed by atoms with Gasteiger partial charge in [-0.05, 0) is 64.2 Å². The van der Waals surface area contributed by atoms with Crippen molar-refractivity contribution in [2.75, 3.05) is 44.7 Å². The first-order valence-corrected chi connectivity index (χ1v) is 16.4. The minimum Gasteiger partial charge on any atom is -0.462 e. The van der Waals surface area contributed by atoms with Crippen molar-refractivity contribution in [1.29, 1.82) is 0 Å². The van der Waals surface area contributed by atoms with E-state index < -0.39 is 23.6 Å². The molecule has 2 aromatic carbocycles. The Morgan fingerprint density at radius 2 is 1.87 bits per heavy atom. The normalized spacial score (nSPS) is 22.2. The lowest BCUT2D eigenvalue weighted by atomic mass is 9.94. The van der Waals surface area contributed by atoms with Gasteiger partial charge in [0.15, 0.2) is 0 Å². The van der Waals surface area contributed by atoms with E-state index in [-0.39, 0.29) is 19.1 Å². The number of carbonyl (C=O) groups is 2. The van der Waals surface area contributed by atoms with Gasteiger partial charge in [0.2, 0.25) is 5.91 Å². The number of aromatic nitrogens is 2. The van der Waals surface area contributed by atoms with Crippen molar-refractivity contribution >= 4 is 40.2 Å². The summed E-state index contributed by atoms with van der Waals surface area (Å²) in [4.78, 5) is 41.1. The van der Waals surface area contributed by atoms with Crippen LogP contribution in [0.25, 0.3) is 10.8 Å². The number of nitrogens with two attached hydrogens (primary N) is 1.